The zero-order valence-corrected chi connectivity index (χ0v) is 10.7. The Morgan fingerprint density at radius 1 is 1.63 bits per heavy atom. The number of amides is 1. The number of benzene rings is 1. The Morgan fingerprint density at radius 3 is 2.79 bits per heavy atom. The van der Waals surface area contributed by atoms with Crippen molar-refractivity contribution < 1.29 is 9.72 Å². The second-order valence-corrected chi connectivity index (χ2v) is 4.24. The molecule has 0 fully saturated rings. The van der Waals surface area contributed by atoms with Crippen LogP contribution in [0.2, 0.25) is 0 Å². The molecule has 7 nitrogen and oxygen atoms in total. The van der Waals surface area contributed by atoms with E-state index >= 15 is 0 Å². The SMILES string of the molecule is CC(C#N)CN(C)C(=O)c1cc([N+](=O)[O-])ccc1N. The van der Waals surface area contributed by atoms with Crippen molar-refractivity contribution in [2.75, 3.05) is 19.3 Å². The van der Waals surface area contributed by atoms with Crippen molar-refractivity contribution in [2.45, 2.75) is 6.92 Å². The summed E-state index contributed by atoms with van der Waals surface area (Å²) in [6, 6.07) is 5.72. The van der Waals surface area contributed by atoms with Crippen molar-refractivity contribution in [1.82, 2.24) is 4.90 Å². The predicted molar refractivity (Wildman–Crippen MR) is 69.2 cm³/mol. The number of nitro groups is 1. The lowest BCUT2D eigenvalue weighted by Crippen LogP contribution is -2.31. The Balaban J connectivity index is 3.02. The summed E-state index contributed by atoms with van der Waals surface area (Å²) in [4.78, 5) is 23.5. The number of rotatable bonds is 4. The average molecular weight is 262 g/mol. The van der Waals surface area contributed by atoms with E-state index in [9.17, 15) is 14.9 Å². The minimum Gasteiger partial charge on any atom is -0.398 e. The number of carbonyl (C=O) groups excluding carboxylic acids is 1. The molecule has 0 saturated carbocycles. The first-order valence-electron chi connectivity index (χ1n) is 5.55. The summed E-state index contributed by atoms with van der Waals surface area (Å²) in [6.07, 6.45) is 0. The molecule has 100 valence electrons. The maximum atomic E-state index is 12.1. The summed E-state index contributed by atoms with van der Waals surface area (Å²) in [5.41, 5.74) is 5.71. The molecule has 0 aliphatic heterocycles. The maximum absolute atomic E-state index is 12.1. The molecule has 7 heteroatoms. The Morgan fingerprint density at radius 2 is 2.26 bits per heavy atom. The molecule has 0 aliphatic carbocycles. The third-order valence-corrected chi connectivity index (χ3v) is 2.59. The number of hydrogen-bond acceptors (Lipinski definition) is 5. The van der Waals surface area contributed by atoms with E-state index in [1.54, 1.807) is 6.92 Å². The van der Waals surface area contributed by atoms with E-state index in [1.807, 2.05) is 6.07 Å². The number of nitro benzene ring substituents is 1. The zero-order chi connectivity index (χ0) is 14.6. The topological polar surface area (TPSA) is 113 Å². The number of hydrogen-bond donors (Lipinski definition) is 1. The van der Waals surface area contributed by atoms with Crippen LogP contribution in [-0.2, 0) is 0 Å². The van der Waals surface area contributed by atoms with Crippen LogP contribution in [0.1, 0.15) is 17.3 Å². The molecule has 2 N–H and O–H groups in total. The quantitative estimate of drug-likeness (QED) is 0.500. The zero-order valence-electron chi connectivity index (χ0n) is 10.7. The van der Waals surface area contributed by atoms with Gasteiger partial charge in [0.25, 0.3) is 11.6 Å². The summed E-state index contributed by atoms with van der Waals surface area (Å²) < 4.78 is 0. The van der Waals surface area contributed by atoms with Crippen LogP contribution in [0.15, 0.2) is 18.2 Å². The molecule has 19 heavy (non-hydrogen) atoms. The summed E-state index contributed by atoms with van der Waals surface area (Å²) in [5.74, 6) is -0.767. The van der Waals surface area contributed by atoms with Crippen molar-refractivity contribution in [3.05, 3.63) is 33.9 Å². The van der Waals surface area contributed by atoms with E-state index in [0.29, 0.717) is 0 Å². The average Bonchev–Trinajstić information content (AvgIpc) is 2.37. The van der Waals surface area contributed by atoms with Gasteiger partial charge in [0, 0.05) is 31.4 Å². The summed E-state index contributed by atoms with van der Waals surface area (Å²) >= 11 is 0. The highest BCUT2D eigenvalue weighted by molar-refractivity contribution is 5.99. The highest BCUT2D eigenvalue weighted by Crippen LogP contribution is 2.21. The number of non-ortho nitro benzene ring substituents is 1. The van der Waals surface area contributed by atoms with Crippen LogP contribution >= 0.6 is 0 Å². The van der Waals surface area contributed by atoms with Gasteiger partial charge in [-0.25, -0.2) is 0 Å². The smallest absolute Gasteiger partial charge is 0.270 e. The van der Waals surface area contributed by atoms with Crippen LogP contribution in [0.3, 0.4) is 0 Å². The first-order chi connectivity index (χ1) is 8.86. The largest absolute Gasteiger partial charge is 0.398 e. The number of nitriles is 1. The monoisotopic (exact) mass is 262 g/mol. The molecule has 1 atom stereocenters. The van der Waals surface area contributed by atoms with E-state index in [2.05, 4.69) is 0 Å². The standard InChI is InChI=1S/C12H14N4O3/c1-8(6-13)7-15(2)12(17)10-5-9(16(18)19)3-4-11(10)14/h3-5,8H,7,14H2,1-2H3. The Bertz CT molecular complexity index is 550. The van der Waals surface area contributed by atoms with Gasteiger partial charge in [0.15, 0.2) is 0 Å². The second kappa shape index (κ2) is 5.82. The molecule has 0 heterocycles. The van der Waals surface area contributed by atoms with Crippen molar-refractivity contribution in [3.8, 4) is 6.07 Å². The lowest BCUT2D eigenvalue weighted by atomic mass is 10.1. The Kier molecular flexibility index (Phi) is 4.42. The van der Waals surface area contributed by atoms with Gasteiger partial charge in [-0.05, 0) is 13.0 Å². The number of nitrogen functional groups attached to an aromatic ring is 1. The molecule has 0 bridgehead atoms. The van der Waals surface area contributed by atoms with Crippen LogP contribution in [0.25, 0.3) is 0 Å². The fourth-order valence-corrected chi connectivity index (χ4v) is 1.58. The number of nitrogens with two attached hydrogens (primary N) is 1. The molecule has 1 aromatic rings. The first-order valence-corrected chi connectivity index (χ1v) is 5.55. The van der Waals surface area contributed by atoms with Gasteiger partial charge in [-0.3, -0.25) is 14.9 Å². The van der Waals surface area contributed by atoms with Crippen LogP contribution in [-0.4, -0.2) is 29.3 Å². The molecule has 0 aromatic heterocycles. The lowest BCUT2D eigenvalue weighted by molar-refractivity contribution is -0.384. The van der Waals surface area contributed by atoms with Gasteiger partial charge in [-0.2, -0.15) is 5.26 Å². The normalized spacial score (nSPS) is 11.4. The van der Waals surface area contributed by atoms with Gasteiger partial charge >= 0.3 is 0 Å². The van der Waals surface area contributed by atoms with Crippen molar-refractivity contribution in [3.63, 3.8) is 0 Å². The highest BCUT2D eigenvalue weighted by Gasteiger charge is 2.19. The third kappa shape index (κ3) is 3.42. The van der Waals surface area contributed by atoms with Gasteiger partial charge in [0.2, 0.25) is 0 Å². The van der Waals surface area contributed by atoms with Gasteiger partial charge in [-0.15, -0.1) is 0 Å². The molecule has 1 unspecified atom stereocenters. The highest BCUT2D eigenvalue weighted by atomic mass is 16.6. The molecule has 1 rings (SSSR count). The van der Waals surface area contributed by atoms with Gasteiger partial charge < -0.3 is 10.6 Å². The molecule has 0 radical (unpaired) electrons. The summed E-state index contributed by atoms with van der Waals surface area (Å²) in [5, 5.41) is 19.4. The van der Waals surface area contributed by atoms with Crippen molar-refractivity contribution >= 4 is 17.3 Å². The van der Waals surface area contributed by atoms with Crippen molar-refractivity contribution in [2.24, 2.45) is 5.92 Å². The Hall–Kier alpha value is -2.62. The van der Waals surface area contributed by atoms with Crippen LogP contribution in [0, 0.1) is 27.4 Å². The van der Waals surface area contributed by atoms with E-state index in [-0.39, 0.29) is 29.4 Å². The molecular weight excluding hydrogens is 248 g/mol. The lowest BCUT2D eigenvalue weighted by Gasteiger charge is -2.19. The maximum Gasteiger partial charge on any atom is 0.270 e. The van der Waals surface area contributed by atoms with Crippen LogP contribution in [0.4, 0.5) is 11.4 Å². The van der Waals surface area contributed by atoms with Gasteiger partial charge in [-0.1, -0.05) is 0 Å². The number of carbonyl (C=O) groups is 1. The summed E-state index contributed by atoms with van der Waals surface area (Å²) in [7, 11) is 1.52. The fourth-order valence-electron chi connectivity index (χ4n) is 1.58. The number of anilines is 1. The minimum absolute atomic E-state index is 0.0711. The molecule has 0 aliphatic rings. The number of nitrogens with zero attached hydrogens (tertiary/aromatic N) is 3. The Labute approximate surface area is 110 Å². The minimum atomic E-state index is -0.589. The van der Waals surface area contributed by atoms with E-state index in [1.165, 1.54) is 24.1 Å². The molecular formula is C12H14N4O3. The van der Waals surface area contributed by atoms with E-state index < -0.39 is 10.8 Å². The summed E-state index contributed by atoms with van der Waals surface area (Å²) in [6.45, 7) is 1.91. The predicted octanol–water partition coefficient (Wildman–Crippen LogP) is 1.41. The van der Waals surface area contributed by atoms with E-state index in [4.69, 9.17) is 11.0 Å². The molecule has 1 amide bonds. The van der Waals surface area contributed by atoms with Gasteiger partial charge in [0.05, 0.1) is 22.5 Å². The van der Waals surface area contributed by atoms with Gasteiger partial charge in [0.1, 0.15) is 0 Å². The second-order valence-electron chi connectivity index (χ2n) is 4.24. The van der Waals surface area contributed by atoms with Crippen LogP contribution < -0.4 is 5.73 Å². The molecule has 0 spiro atoms. The molecule has 0 saturated heterocycles. The van der Waals surface area contributed by atoms with Crippen LogP contribution in [0.5, 0.6) is 0 Å². The third-order valence-electron chi connectivity index (χ3n) is 2.59. The molecule has 1 aromatic carbocycles. The van der Waals surface area contributed by atoms with E-state index in [0.717, 1.165) is 6.07 Å². The fraction of sp³-hybridized carbons (Fsp3) is 0.333. The van der Waals surface area contributed by atoms with Crippen molar-refractivity contribution in [1.29, 1.82) is 5.26 Å². The first kappa shape index (κ1) is 14.4.